The van der Waals surface area contributed by atoms with Gasteiger partial charge in [0.05, 0.1) is 11.4 Å². The predicted octanol–water partition coefficient (Wildman–Crippen LogP) is 11.0. The minimum Gasteiger partial charge on any atom is -0.311 e. The molecular formula is C48H47BN2. The van der Waals surface area contributed by atoms with Gasteiger partial charge in [0.1, 0.15) is 0 Å². The average molecular weight is 663 g/mol. The number of rotatable bonds is 2. The van der Waals surface area contributed by atoms with Gasteiger partial charge in [-0.05, 0) is 104 Å². The van der Waals surface area contributed by atoms with Crippen LogP contribution in [-0.4, -0.2) is 6.71 Å². The molecule has 0 aliphatic carbocycles. The van der Waals surface area contributed by atoms with E-state index in [0.717, 1.165) is 0 Å². The highest BCUT2D eigenvalue weighted by Gasteiger charge is 2.48. The Bertz CT molecular complexity index is 2390. The topological polar surface area (TPSA) is 6.48 Å². The fraction of sp³-hybridized carbons (Fsp3) is 0.250. The smallest absolute Gasteiger partial charge is 0.252 e. The van der Waals surface area contributed by atoms with E-state index in [-0.39, 0.29) is 23.0 Å². The maximum Gasteiger partial charge on any atom is 0.252 e. The number of para-hydroxylation sites is 2. The zero-order valence-electron chi connectivity index (χ0n) is 31.5. The molecule has 0 atom stereocenters. The first kappa shape index (κ1) is 31.9. The standard InChI is InChI=1S/C48H47BN2/c1-30-26-42-44-43(27-30)51-40-21-14-13-18-35(40)48(8,9)36-19-15-20-37(45(36)51)49(44)38-29-33(47(5,6)7)23-25-41(38)50(42)39-24-22-32(46(2,3)4)28-34(39)31-16-11-10-12-17-31/h10-29H,1-9H3. The van der Waals surface area contributed by atoms with E-state index in [1.54, 1.807) is 0 Å². The van der Waals surface area contributed by atoms with Crippen molar-refractivity contribution in [1.82, 2.24) is 0 Å². The molecule has 0 bridgehead atoms. The number of aryl methyl sites for hydroxylation is 1. The fourth-order valence-electron chi connectivity index (χ4n) is 9.06. The van der Waals surface area contributed by atoms with Crippen molar-refractivity contribution < 1.29 is 0 Å². The van der Waals surface area contributed by atoms with Crippen molar-refractivity contribution >= 4 is 57.2 Å². The lowest BCUT2D eigenvalue weighted by Crippen LogP contribution is -2.62. The molecule has 3 heteroatoms. The summed E-state index contributed by atoms with van der Waals surface area (Å²) >= 11 is 0. The molecule has 2 nitrogen and oxygen atoms in total. The first-order chi connectivity index (χ1) is 24.2. The van der Waals surface area contributed by atoms with Gasteiger partial charge in [0.2, 0.25) is 0 Å². The highest BCUT2D eigenvalue weighted by molar-refractivity contribution is 7.00. The third kappa shape index (κ3) is 4.63. The Kier molecular flexibility index (Phi) is 6.73. The van der Waals surface area contributed by atoms with Crippen LogP contribution in [0.1, 0.15) is 83.2 Å². The van der Waals surface area contributed by atoms with E-state index in [1.165, 1.54) is 89.5 Å². The van der Waals surface area contributed by atoms with E-state index < -0.39 is 0 Å². The molecule has 9 rings (SSSR count). The minimum atomic E-state index is -0.126. The predicted molar refractivity (Wildman–Crippen MR) is 220 cm³/mol. The summed E-state index contributed by atoms with van der Waals surface area (Å²) < 4.78 is 0. The van der Waals surface area contributed by atoms with Crippen LogP contribution >= 0.6 is 0 Å². The second-order valence-corrected chi connectivity index (χ2v) is 17.6. The Morgan fingerprint density at radius 1 is 0.510 bits per heavy atom. The lowest BCUT2D eigenvalue weighted by Gasteiger charge is -2.50. The van der Waals surface area contributed by atoms with Crippen LogP contribution in [0, 0.1) is 6.92 Å². The van der Waals surface area contributed by atoms with E-state index in [2.05, 4.69) is 193 Å². The van der Waals surface area contributed by atoms with E-state index in [4.69, 9.17) is 0 Å². The molecule has 3 aliphatic rings. The highest BCUT2D eigenvalue weighted by Crippen LogP contribution is 2.54. The summed E-state index contributed by atoms with van der Waals surface area (Å²) in [6.45, 7) is 21.1. The summed E-state index contributed by atoms with van der Waals surface area (Å²) in [5.41, 5.74) is 21.0. The van der Waals surface area contributed by atoms with E-state index in [9.17, 15) is 0 Å². The number of nitrogens with zero attached hydrogens (tertiary/aromatic N) is 2. The fourth-order valence-corrected chi connectivity index (χ4v) is 9.06. The Balaban J connectivity index is 1.41. The van der Waals surface area contributed by atoms with Crippen molar-refractivity contribution in [2.75, 3.05) is 9.80 Å². The number of hydrogen-bond donors (Lipinski definition) is 0. The number of anilines is 6. The lowest BCUT2D eigenvalue weighted by atomic mass is 9.33. The number of fused-ring (bicyclic) bond motifs is 6. The van der Waals surface area contributed by atoms with Crippen LogP contribution in [0.25, 0.3) is 11.1 Å². The Morgan fingerprint density at radius 2 is 1.12 bits per heavy atom. The van der Waals surface area contributed by atoms with Gasteiger partial charge >= 0.3 is 0 Å². The molecule has 0 N–H and O–H groups in total. The van der Waals surface area contributed by atoms with Crippen LogP contribution in [0.4, 0.5) is 34.1 Å². The second kappa shape index (κ2) is 10.7. The maximum absolute atomic E-state index is 2.60. The zero-order valence-corrected chi connectivity index (χ0v) is 31.5. The minimum absolute atomic E-state index is 0.0115. The van der Waals surface area contributed by atoms with Gasteiger partial charge in [-0.1, -0.05) is 140 Å². The SMILES string of the molecule is Cc1cc2c3c(c1)N1c4ccccc4C(C)(C)c4cccc(c41)B3c1cc(C(C)(C)C)ccc1N2c1ccc(C(C)(C)C)cc1-c1ccccc1. The Hall–Kier alpha value is -5.02. The van der Waals surface area contributed by atoms with Gasteiger partial charge < -0.3 is 9.80 Å². The van der Waals surface area contributed by atoms with Crippen molar-refractivity contribution in [3.63, 3.8) is 0 Å². The molecule has 0 aromatic heterocycles. The Morgan fingerprint density at radius 3 is 1.82 bits per heavy atom. The van der Waals surface area contributed by atoms with E-state index >= 15 is 0 Å². The van der Waals surface area contributed by atoms with Crippen LogP contribution in [0.2, 0.25) is 0 Å². The van der Waals surface area contributed by atoms with Crippen molar-refractivity contribution in [2.24, 2.45) is 0 Å². The molecule has 0 amide bonds. The van der Waals surface area contributed by atoms with Gasteiger partial charge in [-0.2, -0.15) is 0 Å². The molecule has 0 spiro atoms. The summed E-state index contributed by atoms with van der Waals surface area (Å²) in [7, 11) is 0. The normalized spacial score (nSPS) is 15.2. The van der Waals surface area contributed by atoms with Crippen molar-refractivity contribution in [2.45, 2.75) is 78.6 Å². The van der Waals surface area contributed by atoms with Crippen LogP contribution in [0.15, 0.2) is 121 Å². The molecular weight excluding hydrogens is 615 g/mol. The van der Waals surface area contributed by atoms with Gasteiger partial charge in [0, 0.05) is 33.7 Å². The van der Waals surface area contributed by atoms with E-state index in [0.29, 0.717) is 0 Å². The van der Waals surface area contributed by atoms with Crippen molar-refractivity contribution in [1.29, 1.82) is 0 Å². The van der Waals surface area contributed by atoms with Crippen molar-refractivity contribution in [3.05, 3.63) is 149 Å². The molecule has 0 fully saturated rings. The molecule has 51 heavy (non-hydrogen) atoms. The third-order valence-corrected chi connectivity index (χ3v) is 11.8. The average Bonchev–Trinajstić information content (AvgIpc) is 3.10. The first-order valence-electron chi connectivity index (χ1n) is 18.6. The van der Waals surface area contributed by atoms with Crippen LogP contribution in [0.5, 0.6) is 0 Å². The summed E-state index contributed by atoms with van der Waals surface area (Å²) in [6.07, 6.45) is 0. The summed E-state index contributed by atoms with van der Waals surface area (Å²) in [5.74, 6) is 0. The summed E-state index contributed by atoms with van der Waals surface area (Å²) in [5, 5.41) is 0. The molecule has 0 saturated carbocycles. The first-order valence-corrected chi connectivity index (χ1v) is 18.6. The quantitative estimate of drug-likeness (QED) is 0.170. The van der Waals surface area contributed by atoms with Crippen molar-refractivity contribution in [3.8, 4) is 11.1 Å². The molecule has 6 aromatic carbocycles. The molecule has 3 heterocycles. The van der Waals surface area contributed by atoms with Gasteiger partial charge in [0.15, 0.2) is 0 Å². The molecule has 0 unspecified atom stereocenters. The summed E-state index contributed by atoms with van der Waals surface area (Å²) in [6, 6.07) is 46.5. The molecule has 6 aromatic rings. The van der Waals surface area contributed by atoms with Crippen LogP contribution < -0.4 is 26.2 Å². The van der Waals surface area contributed by atoms with E-state index in [1.807, 2.05) is 0 Å². The third-order valence-electron chi connectivity index (χ3n) is 11.8. The number of benzene rings is 6. The summed E-state index contributed by atoms with van der Waals surface area (Å²) in [4.78, 5) is 5.19. The largest absolute Gasteiger partial charge is 0.311 e. The van der Waals surface area contributed by atoms with Crippen LogP contribution in [-0.2, 0) is 16.2 Å². The zero-order chi connectivity index (χ0) is 35.6. The highest BCUT2D eigenvalue weighted by atomic mass is 15.2. The molecule has 252 valence electrons. The van der Waals surface area contributed by atoms with Gasteiger partial charge in [-0.3, -0.25) is 0 Å². The molecule has 3 aliphatic heterocycles. The molecule has 0 radical (unpaired) electrons. The Labute approximate surface area is 304 Å². The lowest BCUT2D eigenvalue weighted by molar-refractivity contribution is 0.590. The van der Waals surface area contributed by atoms with Gasteiger partial charge in [-0.15, -0.1) is 0 Å². The number of hydrogen-bond acceptors (Lipinski definition) is 2. The maximum atomic E-state index is 2.60. The van der Waals surface area contributed by atoms with Crippen LogP contribution in [0.3, 0.4) is 0 Å². The monoisotopic (exact) mass is 662 g/mol. The molecule has 0 saturated heterocycles. The second-order valence-electron chi connectivity index (χ2n) is 17.6. The van der Waals surface area contributed by atoms with Gasteiger partial charge in [-0.25, -0.2) is 0 Å². The van der Waals surface area contributed by atoms with Gasteiger partial charge in [0.25, 0.3) is 6.71 Å².